The van der Waals surface area contributed by atoms with Crippen LogP contribution in [0, 0.1) is 0 Å². The Hall–Kier alpha value is -2.45. The Kier molecular flexibility index (Phi) is 6.08. The lowest BCUT2D eigenvalue weighted by Gasteiger charge is -2.32. The van der Waals surface area contributed by atoms with Crippen molar-refractivity contribution in [2.75, 3.05) is 19.8 Å². The molecule has 0 aliphatic carbocycles. The number of carbonyl (C=O) groups is 2. The summed E-state index contributed by atoms with van der Waals surface area (Å²) in [4.78, 5) is 30.0. The van der Waals surface area contributed by atoms with Crippen LogP contribution in [0.25, 0.3) is 5.69 Å². The number of aromatic nitrogens is 3. The topological polar surface area (TPSA) is 97.6 Å². The van der Waals surface area contributed by atoms with E-state index in [0.29, 0.717) is 49.0 Å². The summed E-state index contributed by atoms with van der Waals surface area (Å²) in [5.41, 5.74) is 0.624. The van der Waals surface area contributed by atoms with Gasteiger partial charge in [0, 0.05) is 25.7 Å². The quantitative estimate of drug-likeness (QED) is 0.809. The van der Waals surface area contributed by atoms with Crippen LogP contribution < -0.4 is 0 Å². The van der Waals surface area contributed by atoms with E-state index in [4.69, 9.17) is 16.3 Å². The van der Waals surface area contributed by atoms with Gasteiger partial charge in [-0.05, 0) is 25.0 Å². The standard InChI is InChI=1S/C18H21ClN4O4/c1-2-15-20-17(21-23(15)14-6-4-3-5-13(14)19)18(26)22(11-16(24)25)12-7-9-27-10-8-12/h3-6,12H,2,7-11H2,1H3,(H,24,25). The second-order valence-electron chi connectivity index (χ2n) is 6.24. The zero-order chi connectivity index (χ0) is 19.4. The molecule has 0 radical (unpaired) electrons. The van der Waals surface area contributed by atoms with Crippen molar-refractivity contribution in [3.05, 3.63) is 40.9 Å². The van der Waals surface area contributed by atoms with E-state index in [1.165, 1.54) is 4.90 Å². The molecule has 2 aromatic rings. The van der Waals surface area contributed by atoms with Crippen LogP contribution in [-0.4, -0.2) is 62.4 Å². The molecule has 1 aromatic heterocycles. The van der Waals surface area contributed by atoms with Crippen LogP contribution in [0.1, 0.15) is 36.2 Å². The van der Waals surface area contributed by atoms with E-state index >= 15 is 0 Å². The lowest BCUT2D eigenvalue weighted by atomic mass is 10.1. The molecule has 1 fully saturated rings. The summed E-state index contributed by atoms with van der Waals surface area (Å²) in [7, 11) is 0. The van der Waals surface area contributed by atoms with E-state index in [1.54, 1.807) is 22.9 Å². The first-order chi connectivity index (χ1) is 13.0. The van der Waals surface area contributed by atoms with Gasteiger partial charge < -0.3 is 14.7 Å². The first-order valence-electron chi connectivity index (χ1n) is 8.82. The molecule has 1 saturated heterocycles. The maximum absolute atomic E-state index is 13.0. The van der Waals surface area contributed by atoms with E-state index in [0.717, 1.165) is 0 Å². The first kappa shape index (κ1) is 19.3. The van der Waals surface area contributed by atoms with Crippen LogP contribution >= 0.6 is 11.6 Å². The van der Waals surface area contributed by atoms with Gasteiger partial charge in [0.05, 0.1) is 10.7 Å². The molecule has 3 rings (SSSR count). The fourth-order valence-corrected chi connectivity index (χ4v) is 3.33. The minimum atomic E-state index is -1.07. The molecule has 0 atom stereocenters. The summed E-state index contributed by atoms with van der Waals surface area (Å²) in [6.45, 7) is 2.50. The molecule has 1 aliphatic heterocycles. The van der Waals surface area contributed by atoms with Gasteiger partial charge in [0.25, 0.3) is 5.91 Å². The van der Waals surface area contributed by atoms with E-state index in [-0.39, 0.29) is 11.9 Å². The van der Waals surface area contributed by atoms with Gasteiger partial charge in [-0.1, -0.05) is 30.7 Å². The SMILES string of the molecule is CCc1nc(C(=O)N(CC(=O)O)C2CCOCC2)nn1-c1ccccc1Cl. The van der Waals surface area contributed by atoms with Gasteiger partial charge >= 0.3 is 5.97 Å². The van der Waals surface area contributed by atoms with Gasteiger partial charge in [0.1, 0.15) is 12.4 Å². The number of para-hydroxylation sites is 1. The largest absolute Gasteiger partial charge is 0.480 e. The molecule has 1 N–H and O–H groups in total. The number of ether oxygens (including phenoxy) is 1. The Morgan fingerprint density at radius 3 is 2.67 bits per heavy atom. The molecule has 1 amide bonds. The molecule has 8 nitrogen and oxygen atoms in total. The maximum Gasteiger partial charge on any atom is 0.323 e. The summed E-state index contributed by atoms with van der Waals surface area (Å²) in [6.07, 6.45) is 1.72. The van der Waals surface area contributed by atoms with Crippen molar-refractivity contribution >= 4 is 23.5 Å². The van der Waals surface area contributed by atoms with Gasteiger partial charge in [0.2, 0.25) is 5.82 Å². The fraction of sp³-hybridized carbons (Fsp3) is 0.444. The van der Waals surface area contributed by atoms with Crippen molar-refractivity contribution < 1.29 is 19.4 Å². The van der Waals surface area contributed by atoms with Crippen molar-refractivity contribution in [3.63, 3.8) is 0 Å². The molecule has 1 aromatic carbocycles. The molecule has 1 aliphatic rings. The second kappa shape index (κ2) is 8.49. The van der Waals surface area contributed by atoms with Gasteiger partial charge in [-0.3, -0.25) is 9.59 Å². The van der Waals surface area contributed by atoms with Crippen LogP contribution in [0.2, 0.25) is 5.02 Å². The zero-order valence-corrected chi connectivity index (χ0v) is 15.7. The van der Waals surface area contributed by atoms with Crippen LogP contribution in [0.4, 0.5) is 0 Å². The third-order valence-electron chi connectivity index (χ3n) is 4.46. The summed E-state index contributed by atoms with van der Waals surface area (Å²) in [5, 5.41) is 14.1. The van der Waals surface area contributed by atoms with Crippen LogP contribution in [-0.2, 0) is 16.0 Å². The number of nitrogens with zero attached hydrogens (tertiary/aromatic N) is 4. The van der Waals surface area contributed by atoms with Crippen molar-refractivity contribution in [3.8, 4) is 5.69 Å². The number of amides is 1. The number of hydrogen-bond donors (Lipinski definition) is 1. The van der Waals surface area contributed by atoms with Crippen molar-refractivity contribution in [2.24, 2.45) is 0 Å². The summed E-state index contributed by atoms with van der Waals surface area (Å²) < 4.78 is 6.86. The van der Waals surface area contributed by atoms with E-state index in [1.807, 2.05) is 13.0 Å². The monoisotopic (exact) mass is 392 g/mol. The number of aryl methyl sites for hydroxylation is 1. The van der Waals surface area contributed by atoms with Gasteiger partial charge in [0.15, 0.2) is 0 Å². The third kappa shape index (κ3) is 4.28. The Morgan fingerprint density at radius 2 is 2.04 bits per heavy atom. The fourth-order valence-electron chi connectivity index (χ4n) is 3.12. The molecule has 2 heterocycles. The molecule has 0 saturated carbocycles. The molecular weight excluding hydrogens is 372 g/mol. The average molecular weight is 393 g/mol. The minimum Gasteiger partial charge on any atom is -0.480 e. The molecule has 0 bridgehead atoms. The van der Waals surface area contributed by atoms with E-state index in [2.05, 4.69) is 10.1 Å². The van der Waals surface area contributed by atoms with E-state index in [9.17, 15) is 14.7 Å². The Labute approximate surface area is 161 Å². The van der Waals surface area contributed by atoms with Crippen molar-refractivity contribution in [1.82, 2.24) is 19.7 Å². The highest BCUT2D eigenvalue weighted by atomic mass is 35.5. The van der Waals surface area contributed by atoms with Crippen LogP contribution in [0.15, 0.2) is 24.3 Å². The number of carboxylic acid groups (broad SMARTS) is 1. The normalized spacial score (nSPS) is 14.9. The number of aliphatic carboxylic acids is 1. The molecule has 144 valence electrons. The predicted molar refractivity (Wildman–Crippen MR) is 98.3 cm³/mol. The lowest BCUT2D eigenvalue weighted by Crippen LogP contribution is -2.46. The molecule has 0 unspecified atom stereocenters. The number of halogens is 1. The first-order valence-corrected chi connectivity index (χ1v) is 9.20. The minimum absolute atomic E-state index is 0.0282. The molecule has 9 heteroatoms. The highest BCUT2D eigenvalue weighted by Crippen LogP contribution is 2.22. The Balaban J connectivity index is 1.94. The highest BCUT2D eigenvalue weighted by molar-refractivity contribution is 6.32. The number of hydrogen-bond acceptors (Lipinski definition) is 5. The molecule has 0 spiro atoms. The van der Waals surface area contributed by atoms with Crippen molar-refractivity contribution in [2.45, 2.75) is 32.2 Å². The molecular formula is C18H21ClN4O4. The summed E-state index contributed by atoms with van der Waals surface area (Å²) in [5.74, 6) is -1.02. The lowest BCUT2D eigenvalue weighted by molar-refractivity contribution is -0.138. The third-order valence-corrected chi connectivity index (χ3v) is 4.78. The number of carbonyl (C=O) groups excluding carboxylic acids is 1. The highest BCUT2D eigenvalue weighted by Gasteiger charge is 2.31. The smallest absolute Gasteiger partial charge is 0.323 e. The van der Waals surface area contributed by atoms with Crippen molar-refractivity contribution in [1.29, 1.82) is 0 Å². The Bertz CT molecular complexity index is 833. The van der Waals surface area contributed by atoms with Crippen LogP contribution in [0.5, 0.6) is 0 Å². The molecule has 27 heavy (non-hydrogen) atoms. The summed E-state index contributed by atoms with van der Waals surface area (Å²) in [6, 6.07) is 6.94. The Morgan fingerprint density at radius 1 is 1.33 bits per heavy atom. The number of carboxylic acids is 1. The van der Waals surface area contributed by atoms with Gasteiger partial charge in [-0.2, -0.15) is 0 Å². The van der Waals surface area contributed by atoms with E-state index < -0.39 is 18.4 Å². The second-order valence-corrected chi connectivity index (χ2v) is 6.65. The predicted octanol–water partition coefficient (Wildman–Crippen LogP) is 2.19. The zero-order valence-electron chi connectivity index (χ0n) is 15.0. The van der Waals surface area contributed by atoms with Gasteiger partial charge in [-0.15, -0.1) is 5.10 Å². The van der Waals surface area contributed by atoms with Crippen LogP contribution in [0.3, 0.4) is 0 Å². The summed E-state index contributed by atoms with van der Waals surface area (Å²) >= 11 is 6.25. The average Bonchev–Trinajstić information content (AvgIpc) is 3.10. The number of benzene rings is 1. The van der Waals surface area contributed by atoms with Gasteiger partial charge in [-0.25, -0.2) is 9.67 Å². The number of rotatable bonds is 6. The maximum atomic E-state index is 13.0.